The molecule has 7 amide bonds. The molecule has 1 unspecified atom stereocenters. The van der Waals surface area contributed by atoms with Gasteiger partial charge in [-0.05, 0) is 60.8 Å². The van der Waals surface area contributed by atoms with Crippen molar-refractivity contribution in [3.63, 3.8) is 0 Å². The summed E-state index contributed by atoms with van der Waals surface area (Å²) in [4.78, 5) is 96.2. The first-order chi connectivity index (χ1) is 32.2. The van der Waals surface area contributed by atoms with Crippen molar-refractivity contribution in [3.05, 3.63) is 89.9 Å². The minimum atomic E-state index is -1.22. The molecule has 1 aliphatic rings. The summed E-state index contributed by atoms with van der Waals surface area (Å²) in [7, 11) is 0. The molecule has 0 radical (unpaired) electrons. The van der Waals surface area contributed by atoms with Crippen molar-refractivity contribution < 1.29 is 46.7 Å². The molecule has 2 heterocycles. The summed E-state index contributed by atoms with van der Waals surface area (Å²) in [5, 5.41) is 10.4. The van der Waals surface area contributed by atoms with Gasteiger partial charge in [-0.3, -0.25) is 38.6 Å². The molecule has 0 aliphatic carbocycles. The first-order valence-electron chi connectivity index (χ1n) is 22.8. The van der Waals surface area contributed by atoms with E-state index in [1.54, 1.807) is 29.5 Å². The lowest BCUT2D eigenvalue weighted by Crippen LogP contribution is -2.55. The molecular formula is C48H65F3N10O7. The molecule has 4 atom stereocenters. The van der Waals surface area contributed by atoms with E-state index in [1.165, 1.54) is 12.2 Å². The number of benzene rings is 2. The molecule has 2 aromatic carbocycles. The largest absolute Gasteiger partial charge is 0.352 e. The third-order valence-corrected chi connectivity index (χ3v) is 11.4. The van der Waals surface area contributed by atoms with Crippen LogP contribution >= 0.6 is 0 Å². The SMILES string of the molecule is CC(C)[C@H](NC(=O)CCCCCN1C(=O)C=CC1=O)C(=O)NC(CCCNC(N)=O)C(=O)NCC(=O)CCN([C@H](N)CF)[C@@H](c1nc(-c2cc(F)ccc2F)cn1Cc1ccccc1)C(C)(C)C. The van der Waals surface area contributed by atoms with Crippen molar-refractivity contribution in [1.29, 1.82) is 0 Å². The van der Waals surface area contributed by atoms with Crippen molar-refractivity contribution in [2.75, 3.05) is 32.9 Å². The fourth-order valence-electron chi connectivity index (χ4n) is 7.85. The highest BCUT2D eigenvalue weighted by molar-refractivity contribution is 6.12. The Hall–Kier alpha value is -6.41. The maximum atomic E-state index is 15.1. The highest BCUT2D eigenvalue weighted by atomic mass is 19.1. The molecule has 1 aromatic heterocycles. The third-order valence-electron chi connectivity index (χ3n) is 11.4. The van der Waals surface area contributed by atoms with Gasteiger partial charge < -0.3 is 37.3 Å². The van der Waals surface area contributed by atoms with Crippen LogP contribution in [0.1, 0.15) is 97.0 Å². The predicted octanol–water partition coefficient (Wildman–Crippen LogP) is 4.16. The number of nitrogens with zero attached hydrogens (tertiary/aromatic N) is 4. The Kier molecular flexibility index (Phi) is 20.4. The van der Waals surface area contributed by atoms with Gasteiger partial charge in [0, 0.05) is 62.9 Å². The van der Waals surface area contributed by atoms with Gasteiger partial charge in [0.1, 0.15) is 36.2 Å². The van der Waals surface area contributed by atoms with Crippen LogP contribution in [-0.2, 0) is 35.3 Å². The summed E-state index contributed by atoms with van der Waals surface area (Å²) in [6.07, 6.45) is 4.34. The van der Waals surface area contributed by atoms with Crippen LogP contribution in [0, 0.1) is 23.0 Å². The van der Waals surface area contributed by atoms with Gasteiger partial charge >= 0.3 is 6.03 Å². The number of aromatic nitrogens is 2. The summed E-state index contributed by atoms with van der Waals surface area (Å²) < 4.78 is 46.0. The Morgan fingerprint density at radius 2 is 1.56 bits per heavy atom. The minimum Gasteiger partial charge on any atom is -0.352 e. The van der Waals surface area contributed by atoms with Crippen molar-refractivity contribution in [3.8, 4) is 11.3 Å². The first-order valence-corrected chi connectivity index (χ1v) is 22.8. The molecule has 20 heteroatoms. The Balaban J connectivity index is 1.45. The van der Waals surface area contributed by atoms with Crippen LogP contribution in [0.2, 0.25) is 0 Å². The summed E-state index contributed by atoms with van der Waals surface area (Å²) in [5.74, 6) is -4.39. The highest BCUT2D eigenvalue weighted by Gasteiger charge is 2.39. The number of amides is 7. The van der Waals surface area contributed by atoms with Crippen LogP contribution in [0.15, 0.2) is 66.9 Å². The number of hydrogen-bond donors (Lipinski definition) is 6. The standard InChI is InChI=1S/C48H65F3N10O7/c1-30(2)42(58-39(63)16-10-7-11-23-61-40(64)19-20-41(61)65)46(67)57-36(15-12-22-54-47(53)68)45(66)55-27-33(62)21-24-60(38(52)26-49)43(48(3,4)5)44-56-37(34-25-32(50)17-18-35(34)51)29-59(44)28-31-13-8-6-9-14-31/h6,8-9,13-14,17-20,25,29-30,36,38,42-43H,7,10-12,15-16,21-24,26-28,52H2,1-5H3,(H,55,66)(H,57,67)(H,58,63)(H3,53,54,68)/t36?,38-,42-,43-/m0/s1. The molecule has 370 valence electrons. The average molecular weight is 951 g/mol. The fourth-order valence-corrected chi connectivity index (χ4v) is 7.85. The van der Waals surface area contributed by atoms with E-state index in [1.807, 2.05) is 51.1 Å². The molecule has 0 saturated carbocycles. The zero-order chi connectivity index (χ0) is 50.1. The molecule has 1 aliphatic heterocycles. The van der Waals surface area contributed by atoms with E-state index < -0.39 is 90.0 Å². The maximum absolute atomic E-state index is 15.1. The number of nitrogens with two attached hydrogens (primary N) is 2. The van der Waals surface area contributed by atoms with E-state index in [9.17, 15) is 42.3 Å². The van der Waals surface area contributed by atoms with Crippen molar-refractivity contribution in [1.82, 2.24) is 40.6 Å². The van der Waals surface area contributed by atoms with Gasteiger partial charge in [-0.2, -0.15) is 0 Å². The highest BCUT2D eigenvalue weighted by Crippen LogP contribution is 2.40. The van der Waals surface area contributed by atoms with Crippen molar-refractivity contribution >= 4 is 41.4 Å². The molecule has 4 rings (SSSR count). The number of unbranched alkanes of at least 4 members (excludes halogenated alkanes) is 2. The number of urea groups is 1. The number of carbonyl (C=O) groups excluding carboxylic acids is 7. The second-order valence-electron chi connectivity index (χ2n) is 18.2. The number of carbonyl (C=O) groups is 7. The Labute approximate surface area is 395 Å². The van der Waals surface area contributed by atoms with Gasteiger partial charge in [-0.25, -0.2) is 22.9 Å². The molecule has 3 aromatic rings. The second kappa shape index (κ2) is 25.6. The topological polar surface area (TPSA) is 244 Å². The summed E-state index contributed by atoms with van der Waals surface area (Å²) in [6, 6.07) is 8.62. The molecule has 0 saturated heterocycles. The van der Waals surface area contributed by atoms with Gasteiger partial charge in [-0.1, -0.05) is 71.4 Å². The van der Waals surface area contributed by atoms with Crippen LogP contribution in [-0.4, -0.2) is 112 Å². The monoisotopic (exact) mass is 950 g/mol. The number of alkyl halides is 1. The van der Waals surface area contributed by atoms with E-state index in [2.05, 4.69) is 21.3 Å². The number of Topliss-reactive ketones (excluding diaryl/α,β-unsaturated/α-hetero) is 1. The van der Waals surface area contributed by atoms with E-state index >= 15 is 4.39 Å². The van der Waals surface area contributed by atoms with Crippen molar-refractivity contribution in [2.24, 2.45) is 22.8 Å². The molecule has 0 spiro atoms. The van der Waals surface area contributed by atoms with E-state index in [0.717, 1.165) is 28.7 Å². The second-order valence-corrected chi connectivity index (χ2v) is 18.2. The van der Waals surface area contributed by atoms with Gasteiger partial charge in [-0.15, -0.1) is 0 Å². The van der Waals surface area contributed by atoms with E-state index in [0.29, 0.717) is 25.1 Å². The number of imidazole rings is 1. The smallest absolute Gasteiger partial charge is 0.312 e. The molecule has 0 bridgehead atoms. The lowest BCUT2D eigenvalue weighted by molar-refractivity contribution is -0.137. The zero-order valence-corrected chi connectivity index (χ0v) is 39.4. The lowest BCUT2D eigenvalue weighted by Gasteiger charge is -2.42. The molecule has 17 nitrogen and oxygen atoms in total. The fraction of sp³-hybridized carbons (Fsp3) is 0.500. The lowest BCUT2D eigenvalue weighted by atomic mass is 9.84. The van der Waals surface area contributed by atoms with Crippen molar-refractivity contribution in [2.45, 2.75) is 110 Å². The number of imide groups is 1. The summed E-state index contributed by atoms with van der Waals surface area (Å²) in [6.45, 7) is 8.09. The summed E-state index contributed by atoms with van der Waals surface area (Å²) in [5.41, 5.74) is 11.8. The average Bonchev–Trinajstić information content (AvgIpc) is 3.84. The number of hydrogen-bond acceptors (Lipinski definition) is 10. The molecule has 68 heavy (non-hydrogen) atoms. The number of primary amides is 1. The van der Waals surface area contributed by atoms with Crippen LogP contribution < -0.4 is 32.7 Å². The number of rotatable bonds is 27. The Bertz CT molecular complexity index is 2250. The number of halogens is 3. The number of ketones is 1. The van der Waals surface area contributed by atoms with Crippen LogP contribution in [0.5, 0.6) is 0 Å². The van der Waals surface area contributed by atoms with Crippen LogP contribution in [0.4, 0.5) is 18.0 Å². The Morgan fingerprint density at radius 3 is 2.19 bits per heavy atom. The maximum Gasteiger partial charge on any atom is 0.312 e. The van der Waals surface area contributed by atoms with Crippen LogP contribution in [0.3, 0.4) is 0 Å². The summed E-state index contributed by atoms with van der Waals surface area (Å²) >= 11 is 0. The zero-order valence-electron chi connectivity index (χ0n) is 39.4. The number of nitrogens with one attached hydrogen (secondary N) is 4. The molecule has 8 N–H and O–H groups in total. The van der Waals surface area contributed by atoms with E-state index in [-0.39, 0.29) is 74.9 Å². The van der Waals surface area contributed by atoms with Gasteiger partial charge in [0.15, 0.2) is 5.78 Å². The third kappa shape index (κ3) is 16.1. The predicted molar refractivity (Wildman–Crippen MR) is 248 cm³/mol. The van der Waals surface area contributed by atoms with Gasteiger partial charge in [0.2, 0.25) is 17.7 Å². The van der Waals surface area contributed by atoms with E-state index in [4.69, 9.17) is 16.5 Å². The first kappa shape index (κ1) is 54.2. The van der Waals surface area contributed by atoms with Crippen LogP contribution in [0.25, 0.3) is 11.3 Å². The minimum absolute atomic E-state index is 0.0197. The van der Waals surface area contributed by atoms with Gasteiger partial charge in [0.05, 0.1) is 24.4 Å². The van der Waals surface area contributed by atoms with Gasteiger partial charge in [0.25, 0.3) is 11.8 Å². The normalized spacial score (nSPS) is 14.5. The molecular weight excluding hydrogens is 886 g/mol. The molecule has 0 fully saturated rings. The Morgan fingerprint density at radius 1 is 0.868 bits per heavy atom. The quantitative estimate of drug-likeness (QED) is 0.0362.